The summed E-state index contributed by atoms with van der Waals surface area (Å²) in [4.78, 5) is 46.1. The molecule has 6 N–H and O–H groups in total. The van der Waals surface area contributed by atoms with Crippen LogP contribution in [0, 0.1) is 5.92 Å². The summed E-state index contributed by atoms with van der Waals surface area (Å²) in [6.45, 7) is -0.433. The second-order valence-corrected chi connectivity index (χ2v) is 7.88. The molecule has 0 radical (unpaired) electrons. The molecule has 1 saturated carbocycles. The third-order valence-corrected chi connectivity index (χ3v) is 5.03. The number of phosphoric acid groups is 1. The number of rotatable bonds is 7. The Morgan fingerprint density at radius 3 is 2.05 bits per heavy atom. The molecule has 0 aromatic heterocycles. The van der Waals surface area contributed by atoms with Crippen molar-refractivity contribution >= 4 is 21.4 Å². The van der Waals surface area contributed by atoms with E-state index in [1.807, 2.05) is 0 Å². The van der Waals surface area contributed by atoms with E-state index in [0.29, 0.717) is 25.7 Å². The second kappa shape index (κ2) is 7.30. The van der Waals surface area contributed by atoms with Gasteiger partial charge in [-0.25, -0.2) is 4.57 Å². The zero-order chi connectivity index (χ0) is 16.3. The Balaban J connectivity index is 2.50. The van der Waals surface area contributed by atoms with E-state index < -0.39 is 39.7 Å². The molecule has 1 rings (SSSR count). The number of hydrogen-bond donors (Lipinski definition) is 6. The number of nitrogens with one attached hydrogen (secondary N) is 1. The Morgan fingerprint density at radius 1 is 1.14 bits per heavy atom. The minimum atomic E-state index is -5.02. The van der Waals surface area contributed by atoms with Gasteiger partial charge in [0.2, 0.25) is 0 Å². The molecule has 1 aliphatic rings. The summed E-state index contributed by atoms with van der Waals surface area (Å²) in [5.41, 5.74) is 0. The molecule has 10 nitrogen and oxygen atoms in total. The predicted molar refractivity (Wildman–Crippen MR) is 70.3 cm³/mol. The molecule has 1 atom stereocenters. The molecule has 0 amide bonds. The van der Waals surface area contributed by atoms with Gasteiger partial charge in [0.05, 0.1) is 5.92 Å². The molecule has 0 aliphatic heterocycles. The lowest BCUT2D eigenvalue weighted by Gasteiger charge is -2.28. The average Bonchev–Trinajstić information content (AvgIpc) is 2.32. The van der Waals surface area contributed by atoms with E-state index in [1.54, 1.807) is 0 Å². The Bertz CT molecular complexity index is 450. The summed E-state index contributed by atoms with van der Waals surface area (Å²) in [7, 11) is -9.86. The van der Waals surface area contributed by atoms with E-state index in [-0.39, 0.29) is 6.04 Å². The van der Waals surface area contributed by atoms with Gasteiger partial charge in [0, 0.05) is 12.6 Å². The molecule has 21 heavy (non-hydrogen) atoms. The topological polar surface area (TPSA) is 174 Å². The number of hydrogen-bond acceptors (Lipinski definition) is 5. The number of phosphoric ester groups is 1. The molecular formula is C9H19NO9P2. The summed E-state index contributed by atoms with van der Waals surface area (Å²) < 4.78 is 25.9. The van der Waals surface area contributed by atoms with Crippen LogP contribution in [-0.2, 0) is 18.4 Å². The molecule has 0 aromatic rings. The Hall–Kier alpha value is -0.310. The second-order valence-electron chi connectivity index (χ2n) is 4.93. The first-order valence-electron chi connectivity index (χ1n) is 6.24. The van der Waals surface area contributed by atoms with Crippen molar-refractivity contribution in [3.05, 3.63) is 0 Å². The zero-order valence-electron chi connectivity index (χ0n) is 11.0. The van der Waals surface area contributed by atoms with Crippen molar-refractivity contribution in [3.8, 4) is 0 Å². The van der Waals surface area contributed by atoms with Crippen LogP contribution in [0.2, 0.25) is 0 Å². The summed E-state index contributed by atoms with van der Waals surface area (Å²) in [5, 5.41) is 11.6. The maximum absolute atomic E-state index is 11.1. The van der Waals surface area contributed by atoms with Gasteiger partial charge in [-0.2, -0.15) is 0 Å². The van der Waals surface area contributed by atoms with Gasteiger partial charge in [-0.3, -0.25) is 13.9 Å². The van der Waals surface area contributed by atoms with Gasteiger partial charge in [-0.15, -0.1) is 0 Å². The first-order valence-corrected chi connectivity index (χ1v) is 9.45. The third-order valence-electron chi connectivity index (χ3n) is 3.29. The molecule has 0 heterocycles. The maximum Gasteiger partial charge on any atom is 0.470 e. The molecule has 0 saturated heterocycles. The largest absolute Gasteiger partial charge is 0.481 e. The molecule has 1 fully saturated rings. The van der Waals surface area contributed by atoms with Crippen LogP contribution in [0.3, 0.4) is 0 Å². The minimum absolute atomic E-state index is 0.171. The monoisotopic (exact) mass is 347 g/mol. The van der Waals surface area contributed by atoms with Crippen molar-refractivity contribution in [2.45, 2.75) is 37.6 Å². The van der Waals surface area contributed by atoms with Crippen LogP contribution in [-0.4, -0.2) is 49.1 Å². The molecule has 12 heteroatoms. The SMILES string of the molecule is O=C(O)C1CCC(NCC(OP(=O)(O)O)P(=O)(O)O)CC1. The number of carbonyl (C=O) groups is 1. The molecule has 124 valence electrons. The Kier molecular flexibility index (Phi) is 6.52. The van der Waals surface area contributed by atoms with Gasteiger partial charge < -0.3 is 30.0 Å². The highest BCUT2D eigenvalue weighted by molar-refractivity contribution is 7.53. The van der Waals surface area contributed by atoms with Crippen LogP contribution in [0.25, 0.3) is 0 Å². The van der Waals surface area contributed by atoms with Gasteiger partial charge in [0.1, 0.15) is 0 Å². The Morgan fingerprint density at radius 2 is 1.67 bits per heavy atom. The summed E-state index contributed by atoms with van der Waals surface area (Å²) in [6, 6.07) is -0.171. The van der Waals surface area contributed by atoms with E-state index in [0.717, 1.165) is 0 Å². The van der Waals surface area contributed by atoms with Crippen molar-refractivity contribution in [2.75, 3.05) is 6.54 Å². The fraction of sp³-hybridized carbons (Fsp3) is 0.889. The van der Waals surface area contributed by atoms with E-state index in [1.165, 1.54) is 0 Å². The number of aliphatic carboxylic acids is 1. The van der Waals surface area contributed by atoms with E-state index in [2.05, 4.69) is 9.84 Å². The fourth-order valence-electron chi connectivity index (χ4n) is 2.19. The highest BCUT2D eigenvalue weighted by Gasteiger charge is 2.36. The highest BCUT2D eigenvalue weighted by Crippen LogP contribution is 2.50. The fourth-order valence-corrected chi connectivity index (χ4v) is 3.78. The van der Waals surface area contributed by atoms with Gasteiger partial charge in [0.15, 0.2) is 5.85 Å². The maximum atomic E-state index is 11.1. The van der Waals surface area contributed by atoms with Crippen molar-refractivity contribution in [1.82, 2.24) is 5.32 Å². The average molecular weight is 347 g/mol. The van der Waals surface area contributed by atoms with Crippen LogP contribution < -0.4 is 5.32 Å². The highest BCUT2D eigenvalue weighted by atomic mass is 31.2. The molecule has 0 bridgehead atoms. The molecule has 1 aliphatic carbocycles. The van der Waals surface area contributed by atoms with Gasteiger partial charge in [-0.1, -0.05) is 0 Å². The first-order chi connectivity index (χ1) is 9.49. The van der Waals surface area contributed by atoms with Crippen molar-refractivity contribution in [3.63, 3.8) is 0 Å². The van der Waals surface area contributed by atoms with Crippen LogP contribution in [0.4, 0.5) is 0 Å². The summed E-state index contributed by atoms with van der Waals surface area (Å²) in [5.74, 6) is -3.24. The minimum Gasteiger partial charge on any atom is -0.481 e. The zero-order valence-corrected chi connectivity index (χ0v) is 12.8. The first kappa shape index (κ1) is 18.7. The predicted octanol–water partition coefficient (Wildman–Crippen LogP) is -0.167. The smallest absolute Gasteiger partial charge is 0.470 e. The van der Waals surface area contributed by atoms with Crippen LogP contribution in [0.15, 0.2) is 0 Å². The molecule has 0 spiro atoms. The van der Waals surface area contributed by atoms with Crippen LogP contribution >= 0.6 is 15.4 Å². The van der Waals surface area contributed by atoms with Crippen molar-refractivity contribution < 1.29 is 43.1 Å². The Labute approximate surface area is 120 Å². The van der Waals surface area contributed by atoms with Gasteiger partial charge >= 0.3 is 21.4 Å². The van der Waals surface area contributed by atoms with Crippen LogP contribution in [0.1, 0.15) is 25.7 Å². The molecule has 1 unspecified atom stereocenters. The molecular weight excluding hydrogens is 328 g/mol. The van der Waals surface area contributed by atoms with E-state index in [4.69, 9.17) is 24.7 Å². The quantitative estimate of drug-likeness (QED) is 0.339. The lowest BCUT2D eigenvalue weighted by molar-refractivity contribution is -0.142. The standard InChI is InChI=1S/C9H19NO9P2/c11-9(12)6-1-3-7(4-2-6)10-5-8(20(13,14)15)19-21(16,17)18/h6-8,10H,1-5H2,(H,11,12)(H2,13,14,15)(H2,16,17,18). The van der Waals surface area contributed by atoms with Crippen molar-refractivity contribution in [2.24, 2.45) is 5.92 Å². The van der Waals surface area contributed by atoms with Gasteiger partial charge in [-0.05, 0) is 25.7 Å². The van der Waals surface area contributed by atoms with E-state index >= 15 is 0 Å². The number of carboxylic acid groups (broad SMARTS) is 1. The lowest BCUT2D eigenvalue weighted by atomic mass is 9.86. The van der Waals surface area contributed by atoms with Crippen molar-refractivity contribution in [1.29, 1.82) is 0 Å². The van der Waals surface area contributed by atoms with E-state index in [9.17, 15) is 13.9 Å². The molecule has 0 aromatic carbocycles. The summed E-state index contributed by atoms with van der Waals surface area (Å²) >= 11 is 0. The number of carboxylic acids is 1. The normalized spacial score (nSPS) is 25.5. The van der Waals surface area contributed by atoms with Gasteiger partial charge in [0.25, 0.3) is 0 Å². The van der Waals surface area contributed by atoms with Crippen LogP contribution in [0.5, 0.6) is 0 Å². The lowest BCUT2D eigenvalue weighted by Crippen LogP contribution is -2.39. The summed E-state index contributed by atoms with van der Waals surface area (Å²) in [6.07, 6.45) is 1.88. The third kappa shape index (κ3) is 6.99.